The van der Waals surface area contributed by atoms with Crippen molar-refractivity contribution >= 4 is 11.7 Å². The maximum absolute atomic E-state index is 12.4. The Morgan fingerprint density at radius 1 is 1.41 bits per heavy atom. The molecule has 3 rings (SSSR count). The molecule has 0 aliphatic rings. The van der Waals surface area contributed by atoms with E-state index in [0.29, 0.717) is 23.2 Å². The molecule has 8 heteroatoms. The van der Waals surface area contributed by atoms with Gasteiger partial charge < -0.3 is 9.42 Å². The molecule has 22 heavy (non-hydrogen) atoms. The van der Waals surface area contributed by atoms with Crippen LogP contribution >= 0.6 is 0 Å². The molecule has 0 atom stereocenters. The topological polar surface area (TPSA) is 89.4 Å². The second kappa shape index (κ2) is 5.55. The van der Waals surface area contributed by atoms with Crippen LogP contribution in [0.5, 0.6) is 0 Å². The highest BCUT2D eigenvalue weighted by Crippen LogP contribution is 2.12. The van der Waals surface area contributed by atoms with Crippen molar-refractivity contribution in [1.82, 2.24) is 29.4 Å². The molecule has 3 heterocycles. The molecule has 3 aromatic rings. The molecule has 8 nitrogen and oxygen atoms in total. The number of aromatic nitrogens is 5. The lowest BCUT2D eigenvalue weighted by Gasteiger charge is -2.12. The highest BCUT2D eigenvalue weighted by atomic mass is 16.5. The van der Waals surface area contributed by atoms with Crippen LogP contribution in [0.2, 0.25) is 0 Å². The molecule has 0 radical (unpaired) electrons. The van der Waals surface area contributed by atoms with E-state index in [9.17, 15) is 4.79 Å². The van der Waals surface area contributed by atoms with Gasteiger partial charge in [0.15, 0.2) is 5.82 Å². The Bertz CT molecular complexity index is 773. The van der Waals surface area contributed by atoms with Crippen molar-refractivity contribution in [3.05, 3.63) is 42.1 Å². The zero-order valence-corrected chi connectivity index (χ0v) is 12.6. The van der Waals surface area contributed by atoms with E-state index in [-0.39, 0.29) is 18.4 Å². The minimum Gasteiger partial charge on any atom is -0.339 e. The van der Waals surface area contributed by atoms with E-state index in [1.807, 2.05) is 13.8 Å². The van der Waals surface area contributed by atoms with Crippen LogP contribution in [-0.4, -0.2) is 42.4 Å². The largest absolute Gasteiger partial charge is 0.339 e. The van der Waals surface area contributed by atoms with Gasteiger partial charge >= 0.3 is 0 Å². The summed E-state index contributed by atoms with van der Waals surface area (Å²) in [6.07, 6.45) is 5.07. The second-order valence-corrected chi connectivity index (χ2v) is 5.32. The quantitative estimate of drug-likeness (QED) is 0.725. The molecule has 114 valence electrons. The maximum Gasteiger partial charge on any atom is 0.274 e. The predicted octanol–water partition coefficient (Wildman–Crippen LogP) is 1.51. The fourth-order valence-electron chi connectivity index (χ4n) is 1.98. The van der Waals surface area contributed by atoms with Crippen molar-refractivity contribution < 1.29 is 9.32 Å². The minimum atomic E-state index is -0.221. The minimum absolute atomic E-state index is 0.159. The molecular weight excluding hydrogens is 284 g/mol. The van der Waals surface area contributed by atoms with Gasteiger partial charge in [0.2, 0.25) is 11.7 Å². The Morgan fingerprint density at radius 3 is 2.91 bits per heavy atom. The summed E-state index contributed by atoms with van der Waals surface area (Å²) in [5.41, 5.74) is 0.328. The zero-order chi connectivity index (χ0) is 15.7. The van der Waals surface area contributed by atoms with Crippen LogP contribution in [0.1, 0.15) is 42.0 Å². The monoisotopic (exact) mass is 300 g/mol. The fraction of sp³-hybridized carbons (Fsp3) is 0.357. The van der Waals surface area contributed by atoms with Gasteiger partial charge in [-0.3, -0.25) is 9.20 Å². The molecule has 0 aromatic carbocycles. The van der Waals surface area contributed by atoms with E-state index in [2.05, 4.69) is 20.1 Å². The molecule has 0 fully saturated rings. The van der Waals surface area contributed by atoms with E-state index in [4.69, 9.17) is 4.52 Å². The second-order valence-electron chi connectivity index (χ2n) is 5.32. The Hall–Kier alpha value is -2.77. The number of rotatable bonds is 4. The Kier molecular flexibility index (Phi) is 3.58. The number of nitrogens with zero attached hydrogens (tertiary/aromatic N) is 6. The average molecular weight is 300 g/mol. The van der Waals surface area contributed by atoms with Gasteiger partial charge in [-0.25, -0.2) is 9.97 Å². The molecular formula is C14H16N6O2. The smallest absolute Gasteiger partial charge is 0.274 e. The Balaban J connectivity index is 1.75. The summed E-state index contributed by atoms with van der Waals surface area (Å²) in [4.78, 5) is 26.4. The van der Waals surface area contributed by atoms with Crippen LogP contribution < -0.4 is 0 Å². The first-order chi connectivity index (χ1) is 10.5. The highest BCUT2D eigenvalue weighted by Gasteiger charge is 2.19. The number of hydrogen-bond acceptors (Lipinski definition) is 6. The van der Waals surface area contributed by atoms with Crippen molar-refractivity contribution in [2.75, 3.05) is 7.05 Å². The van der Waals surface area contributed by atoms with Gasteiger partial charge in [0.1, 0.15) is 5.69 Å². The number of imidazole rings is 1. The Labute approximate surface area is 126 Å². The maximum atomic E-state index is 12.4. The van der Waals surface area contributed by atoms with Crippen LogP contribution in [0.3, 0.4) is 0 Å². The van der Waals surface area contributed by atoms with Crippen LogP contribution in [0, 0.1) is 0 Å². The average Bonchev–Trinajstić information content (AvgIpc) is 3.12. The van der Waals surface area contributed by atoms with E-state index in [1.165, 1.54) is 4.90 Å². The third kappa shape index (κ3) is 2.67. The molecule has 0 unspecified atom stereocenters. The number of carbonyl (C=O) groups is 1. The van der Waals surface area contributed by atoms with Crippen molar-refractivity contribution in [2.24, 2.45) is 0 Å². The normalized spacial score (nSPS) is 11.3. The Morgan fingerprint density at radius 2 is 2.23 bits per heavy atom. The lowest BCUT2D eigenvalue weighted by atomic mass is 10.2. The number of carbonyl (C=O) groups excluding carboxylic acids is 1. The molecule has 3 aromatic heterocycles. The number of amides is 1. The van der Waals surface area contributed by atoms with Gasteiger partial charge in [-0.2, -0.15) is 4.98 Å². The van der Waals surface area contributed by atoms with Gasteiger partial charge in [0, 0.05) is 31.6 Å². The summed E-state index contributed by atoms with van der Waals surface area (Å²) in [7, 11) is 1.67. The summed E-state index contributed by atoms with van der Waals surface area (Å²) >= 11 is 0. The fourth-order valence-corrected chi connectivity index (χ4v) is 1.98. The van der Waals surface area contributed by atoms with E-state index in [1.54, 1.807) is 36.1 Å². The van der Waals surface area contributed by atoms with Crippen LogP contribution in [0.25, 0.3) is 5.78 Å². The third-order valence-electron chi connectivity index (χ3n) is 3.16. The van der Waals surface area contributed by atoms with Crippen molar-refractivity contribution in [1.29, 1.82) is 0 Å². The summed E-state index contributed by atoms with van der Waals surface area (Å²) in [6, 6.07) is 1.78. The van der Waals surface area contributed by atoms with Crippen molar-refractivity contribution in [2.45, 2.75) is 26.3 Å². The van der Waals surface area contributed by atoms with Gasteiger partial charge in [-0.05, 0) is 6.07 Å². The van der Waals surface area contributed by atoms with E-state index >= 15 is 0 Å². The molecule has 0 aliphatic heterocycles. The molecule has 0 bridgehead atoms. The van der Waals surface area contributed by atoms with Crippen LogP contribution in [0.4, 0.5) is 0 Å². The predicted molar refractivity (Wildman–Crippen MR) is 77.2 cm³/mol. The number of fused-ring (bicyclic) bond motifs is 1. The molecule has 0 aliphatic carbocycles. The molecule has 0 saturated carbocycles. The summed E-state index contributed by atoms with van der Waals surface area (Å²) in [5, 5.41) is 3.88. The summed E-state index contributed by atoms with van der Waals surface area (Å²) in [5.74, 6) is 1.46. The number of hydrogen-bond donors (Lipinski definition) is 0. The third-order valence-corrected chi connectivity index (χ3v) is 3.16. The molecule has 1 amide bonds. The van der Waals surface area contributed by atoms with Crippen molar-refractivity contribution in [3.63, 3.8) is 0 Å². The molecule has 0 spiro atoms. The summed E-state index contributed by atoms with van der Waals surface area (Å²) < 4.78 is 6.83. The standard InChI is InChI=1S/C14H16N6O2/c1-9(2)12-17-11(18-22-12)8-19(3)13(21)10-7-20-6-4-5-15-14(20)16-10/h4-7,9H,8H2,1-3H3. The lowest BCUT2D eigenvalue weighted by Crippen LogP contribution is -2.27. The molecule has 0 N–H and O–H groups in total. The zero-order valence-electron chi connectivity index (χ0n) is 12.6. The van der Waals surface area contributed by atoms with Gasteiger partial charge in [-0.15, -0.1) is 0 Å². The first-order valence-corrected chi connectivity index (χ1v) is 6.92. The SMILES string of the molecule is CC(C)c1nc(CN(C)C(=O)c2cn3cccnc3n2)no1. The van der Waals surface area contributed by atoms with Gasteiger partial charge in [0.05, 0.1) is 6.54 Å². The van der Waals surface area contributed by atoms with Crippen molar-refractivity contribution in [3.8, 4) is 0 Å². The van der Waals surface area contributed by atoms with Gasteiger partial charge in [0.25, 0.3) is 5.91 Å². The highest BCUT2D eigenvalue weighted by molar-refractivity contribution is 5.92. The van der Waals surface area contributed by atoms with E-state index < -0.39 is 0 Å². The summed E-state index contributed by atoms with van der Waals surface area (Å²) in [6.45, 7) is 4.20. The van der Waals surface area contributed by atoms with E-state index in [0.717, 1.165) is 0 Å². The first-order valence-electron chi connectivity index (χ1n) is 6.92. The first kappa shape index (κ1) is 14.2. The van der Waals surface area contributed by atoms with Crippen LogP contribution in [0.15, 0.2) is 29.2 Å². The van der Waals surface area contributed by atoms with Crippen LogP contribution in [-0.2, 0) is 6.54 Å². The van der Waals surface area contributed by atoms with Gasteiger partial charge in [-0.1, -0.05) is 19.0 Å². The lowest BCUT2D eigenvalue weighted by molar-refractivity contribution is 0.0775. The molecule has 0 saturated heterocycles.